The lowest BCUT2D eigenvalue weighted by Crippen LogP contribution is -2.51. The van der Waals surface area contributed by atoms with Gasteiger partial charge in [0.05, 0.1) is 0 Å². The van der Waals surface area contributed by atoms with Gasteiger partial charge in [0.25, 0.3) is 0 Å². The molecule has 2 amide bonds. The molecule has 1 aliphatic carbocycles. The molecule has 0 radical (unpaired) electrons. The zero-order valence-corrected chi connectivity index (χ0v) is 12.0. The fourth-order valence-electron chi connectivity index (χ4n) is 3.11. The predicted molar refractivity (Wildman–Crippen MR) is 71.7 cm³/mol. The molecule has 1 spiro atoms. The van der Waals surface area contributed by atoms with Crippen LogP contribution >= 0.6 is 0 Å². The SMILES string of the molecule is CC(C)(C)OC(=O)NC1C(=O)NCC12CCCCC2. The summed E-state index contributed by atoms with van der Waals surface area (Å²) in [5.41, 5.74) is -0.648. The van der Waals surface area contributed by atoms with E-state index in [0.717, 1.165) is 25.7 Å². The first kappa shape index (κ1) is 14.2. The Morgan fingerprint density at radius 1 is 1.32 bits per heavy atom. The number of hydrogen-bond donors (Lipinski definition) is 2. The van der Waals surface area contributed by atoms with Crippen LogP contribution in [-0.4, -0.2) is 30.2 Å². The Balaban J connectivity index is 2.04. The molecule has 2 N–H and O–H groups in total. The van der Waals surface area contributed by atoms with E-state index in [4.69, 9.17) is 4.74 Å². The lowest BCUT2D eigenvalue weighted by molar-refractivity contribution is -0.122. The summed E-state index contributed by atoms with van der Waals surface area (Å²) in [6, 6.07) is -0.442. The highest BCUT2D eigenvalue weighted by Crippen LogP contribution is 2.41. The van der Waals surface area contributed by atoms with Gasteiger partial charge >= 0.3 is 6.09 Å². The van der Waals surface area contributed by atoms with Gasteiger partial charge in [0.1, 0.15) is 11.6 Å². The first-order valence-electron chi connectivity index (χ1n) is 7.10. The molecule has 0 bridgehead atoms. The highest BCUT2D eigenvalue weighted by Gasteiger charge is 2.49. The van der Waals surface area contributed by atoms with Crippen LogP contribution in [0.15, 0.2) is 0 Å². The van der Waals surface area contributed by atoms with Gasteiger partial charge < -0.3 is 15.4 Å². The largest absolute Gasteiger partial charge is 0.444 e. The molecule has 1 heterocycles. The Bertz CT molecular complexity index is 367. The van der Waals surface area contributed by atoms with E-state index in [1.54, 1.807) is 0 Å². The maximum Gasteiger partial charge on any atom is 0.408 e. The van der Waals surface area contributed by atoms with Crippen molar-refractivity contribution < 1.29 is 14.3 Å². The molecule has 5 nitrogen and oxygen atoms in total. The number of rotatable bonds is 1. The Morgan fingerprint density at radius 2 is 1.95 bits per heavy atom. The molecular formula is C14H24N2O3. The van der Waals surface area contributed by atoms with Gasteiger partial charge in [-0.1, -0.05) is 19.3 Å². The summed E-state index contributed by atoms with van der Waals surface area (Å²) < 4.78 is 5.25. The Morgan fingerprint density at radius 3 is 2.53 bits per heavy atom. The molecule has 2 aliphatic rings. The number of ether oxygens (including phenoxy) is 1. The van der Waals surface area contributed by atoms with E-state index >= 15 is 0 Å². The second-order valence-corrected chi connectivity index (χ2v) is 6.72. The van der Waals surface area contributed by atoms with Gasteiger partial charge in [-0.3, -0.25) is 4.79 Å². The number of nitrogens with one attached hydrogen (secondary N) is 2. The van der Waals surface area contributed by atoms with Crippen molar-refractivity contribution in [2.24, 2.45) is 5.41 Å². The Kier molecular flexibility index (Phi) is 3.74. The maximum absolute atomic E-state index is 12.0. The molecule has 1 atom stereocenters. The molecule has 1 aliphatic heterocycles. The van der Waals surface area contributed by atoms with Gasteiger partial charge in [0.15, 0.2) is 0 Å². The van der Waals surface area contributed by atoms with Crippen molar-refractivity contribution in [3.63, 3.8) is 0 Å². The highest BCUT2D eigenvalue weighted by atomic mass is 16.6. The quantitative estimate of drug-likeness (QED) is 0.764. The first-order valence-corrected chi connectivity index (χ1v) is 7.10. The molecule has 1 saturated heterocycles. The van der Waals surface area contributed by atoms with E-state index in [9.17, 15) is 9.59 Å². The Hall–Kier alpha value is -1.26. The normalized spacial score (nSPS) is 26.1. The minimum absolute atomic E-state index is 0.0761. The summed E-state index contributed by atoms with van der Waals surface area (Å²) in [5, 5.41) is 5.66. The second-order valence-electron chi connectivity index (χ2n) is 6.72. The van der Waals surface area contributed by atoms with Crippen molar-refractivity contribution in [2.45, 2.75) is 64.5 Å². The minimum Gasteiger partial charge on any atom is -0.444 e. The van der Waals surface area contributed by atoms with E-state index in [-0.39, 0.29) is 11.3 Å². The average Bonchev–Trinajstić information content (AvgIpc) is 2.57. The van der Waals surface area contributed by atoms with Gasteiger partial charge in [-0.05, 0) is 33.6 Å². The van der Waals surface area contributed by atoms with Crippen LogP contribution in [0, 0.1) is 5.41 Å². The summed E-state index contributed by atoms with van der Waals surface area (Å²) in [6.07, 6.45) is 4.95. The standard InChI is InChI=1S/C14H24N2O3/c1-13(2,3)19-12(18)16-10-11(17)15-9-14(10)7-5-4-6-8-14/h10H,4-9H2,1-3H3,(H,15,17)(H,16,18). The lowest BCUT2D eigenvalue weighted by Gasteiger charge is -2.37. The van der Waals surface area contributed by atoms with Crippen molar-refractivity contribution >= 4 is 12.0 Å². The summed E-state index contributed by atoms with van der Waals surface area (Å²) in [5.74, 6) is -0.0761. The van der Waals surface area contributed by atoms with Crippen LogP contribution in [0.3, 0.4) is 0 Å². The number of hydrogen-bond acceptors (Lipinski definition) is 3. The van der Waals surface area contributed by atoms with Gasteiger partial charge in [-0.15, -0.1) is 0 Å². The van der Waals surface area contributed by atoms with E-state index in [2.05, 4.69) is 10.6 Å². The molecule has 0 aromatic rings. The third-order valence-electron chi connectivity index (χ3n) is 4.00. The van der Waals surface area contributed by atoms with Crippen molar-refractivity contribution in [3.8, 4) is 0 Å². The number of carbonyl (C=O) groups excluding carboxylic acids is 2. The summed E-state index contributed by atoms with van der Waals surface area (Å²) in [7, 11) is 0. The van der Waals surface area contributed by atoms with E-state index in [0.29, 0.717) is 6.54 Å². The number of carbonyl (C=O) groups is 2. The summed E-state index contributed by atoms with van der Waals surface area (Å²) >= 11 is 0. The summed E-state index contributed by atoms with van der Waals surface area (Å²) in [6.45, 7) is 6.12. The zero-order valence-electron chi connectivity index (χ0n) is 12.0. The minimum atomic E-state index is -0.543. The smallest absolute Gasteiger partial charge is 0.408 e. The Labute approximate surface area is 114 Å². The van der Waals surface area contributed by atoms with Crippen LogP contribution in [0.5, 0.6) is 0 Å². The van der Waals surface area contributed by atoms with E-state index < -0.39 is 17.7 Å². The van der Waals surface area contributed by atoms with Crippen LogP contribution in [0.1, 0.15) is 52.9 Å². The van der Waals surface area contributed by atoms with Crippen molar-refractivity contribution in [1.29, 1.82) is 0 Å². The summed E-state index contributed by atoms with van der Waals surface area (Å²) in [4.78, 5) is 23.8. The van der Waals surface area contributed by atoms with Gasteiger partial charge in [0, 0.05) is 12.0 Å². The molecule has 5 heteroatoms. The third-order valence-corrected chi connectivity index (χ3v) is 4.00. The van der Waals surface area contributed by atoms with E-state index in [1.807, 2.05) is 20.8 Å². The van der Waals surface area contributed by atoms with Gasteiger partial charge in [-0.2, -0.15) is 0 Å². The highest BCUT2D eigenvalue weighted by molar-refractivity contribution is 5.88. The fraction of sp³-hybridized carbons (Fsp3) is 0.857. The van der Waals surface area contributed by atoms with E-state index in [1.165, 1.54) is 6.42 Å². The van der Waals surface area contributed by atoms with Crippen molar-refractivity contribution in [3.05, 3.63) is 0 Å². The van der Waals surface area contributed by atoms with Crippen LogP contribution in [0.2, 0.25) is 0 Å². The van der Waals surface area contributed by atoms with Crippen LogP contribution in [0.4, 0.5) is 4.79 Å². The van der Waals surface area contributed by atoms with Crippen LogP contribution < -0.4 is 10.6 Å². The second kappa shape index (κ2) is 5.02. The zero-order chi connectivity index (χ0) is 14.1. The van der Waals surface area contributed by atoms with Gasteiger partial charge in [0.2, 0.25) is 5.91 Å². The first-order chi connectivity index (χ1) is 8.82. The molecule has 19 heavy (non-hydrogen) atoms. The third kappa shape index (κ3) is 3.19. The topological polar surface area (TPSA) is 67.4 Å². The van der Waals surface area contributed by atoms with Crippen molar-refractivity contribution in [2.75, 3.05) is 6.54 Å². The van der Waals surface area contributed by atoms with Crippen molar-refractivity contribution in [1.82, 2.24) is 10.6 Å². The van der Waals surface area contributed by atoms with Crippen LogP contribution in [0.25, 0.3) is 0 Å². The fourth-order valence-corrected chi connectivity index (χ4v) is 3.11. The predicted octanol–water partition coefficient (Wildman–Crippen LogP) is 1.96. The van der Waals surface area contributed by atoms with Gasteiger partial charge in [-0.25, -0.2) is 4.79 Å². The number of amides is 2. The maximum atomic E-state index is 12.0. The number of alkyl carbamates (subject to hydrolysis) is 1. The molecule has 2 fully saturated rings. The van der Waals surface area contributed by atoms with Crippen LogP contribution in [-0.2, 0) is 9.53 Å². The molecular weight excluding hydrogens is 244 g/mol. The average molecular weight is 268 g/mol. The molecule has 0 aromatic heterocycles. The molecule has 1 saturated carbocycles. The molecule has 108 valence electrons. The molecule has 2 rings (SSSR count). The molecule has 0 aromatic carbocycles. The lowest BCUT2D eigenvalue weighted by atomic mass is 9.71. The monoisotopic (exact) mass is 268 g/mol. The molecule has 1 unspecified atom stereocenters.